The van der Waals surface area contributed by atoms with Gasteiger partial charge in [0.1, 0.15) is 0 Å². The molecule has 0 N–H and O–H groups in total. The summed E-state index contributed by atoms with van der Waals surface area (Å²) in [5.41, 5.74) is 11.8. The van der Waals surface area contributed by atoms with Crippen molar-refractivity contribution in [2.75, 3.05) is 0 Å². The van der Waals surface area contributed by atoms with E-state index in [0.29, 0.717) is 0 Å². The zero-order chi connectivity index (χ0) is 30.0. The van der Waals surface area contributed by atoms with Crippen LogP contribution in [-0.4, -0.2) is 0 Å². The van der Waals surface area contributed by atoms with E-state index in [1.54, 1.807) is 11.1 Å². The Labute approximate surface area is 270 Å². The number of hydrogen-bond donors (Lipinski definition) is 0. The van der Waals surface area contributed by atoms with Crippen LogP contribution in [-0.2, 0) is 5.41 Å². The molecule has 0 atom stereocenters. The lowest BCUT2D eigenvalue weighted by molar-refractivity contribution is -0.0393. The average molecular weight is 589 g/mol. The fourth-order valence-electron chi connectivity index (χ4n) is 11.5. The minimum atomic E-state index is 0.116. The van der Waals surface area contributed by atoms with Crippen LogP contribution >= 0.6 is 0 Å². The summed E-state index contributed by atoms with van der Waals surface area (Å²) < 4.78 is 0. The summed E-state index contributed by atoms with van der Waals surface area (Å²) in [5, 5.41) is 8.26. The van der Waals surface area contributed by atoms with E-state index in [1.807, 2.05) is 0 Å². The van der Waals surface area contributed by atoms with Gasteiger partial charge < -0.3 is 0 Å². The molecule has 7 aromatic rings. The van der Waals surface area contributed by atoms with Gasteiger partial charge in [-0.05, 0) is 139 Å². The van der Waals surface area contributed by atoms with Crippen LogP contribution in [0.5, 0.6) is 0 Å². The van der Waals surface area contributed by atoms with Crippen molar-refractivity contribution in [2.24, 2.45) is 23.7 Å². The number of fused-ring (bicyclic) bond motifs is 7. The molecule has 46 heavy (non-hydrogen) atoms. The molecule has 7 aromatic carbocycles. The topological polar surface area (TPSA) is 0 Å². The van der Waals surface area contributed by atoms with E-state index in [4.69, 9.17) is 0 Å². The Morgan fingerprint density at radius 2 is 0.935 bits per heavy atom. The third-order valence-electron chi connectivity index (χ3n) is 12.8. The lowest BCUT2D eigenvalue weighted by Gasteiger charge is -2.61. The van der Waals surface area contributed by atoms with Crippen LogP contribution in [0, 0.1) is 23.7 Å². The van der Waals surface area contributed by atoms with Gasteiger partial charge in [-0.1, -0.05) is 127 Å². The maximum atomic E-state index is 2.68. The number of hydrogen-bond acceptors (Lipinski definition) is 0. The molecule has 5 aliphatic carbocycles. The Kier molecular flexibility index (Phi) is 5.10. The predicted molar refractivity (Wildman–Crippen MR) is 193 cm³/mol. The standard InChI is InChI=1S/C46H36/c1-2-11-31(12-3-1)43-37-14-6-8-16-39(37)44(40-17-9-7-15-38(40)43)32-19-20-36-41-21-18-30-10-4-5-13-35(30)45(41)46(42(36)27-32)33-23-28-22-29(25-33)26-34(46)24-28/h1-21,27-29,33-34H,22-26H2. The zero-order valence-electron chi connectivity index (χ0n) is 26.0. The highest BCUT2D eigenvalue weighted by Gasteiger charge is 2.62. The molecule has 0 saturated heterocycles. The van der Waals surface area contributed by atoms with Crippen molar-refractivity contribution in [3.05, 3.63) is 145 Å². The fourth-order valence-corrected chi connectivity index (χ4v) is 11.5. The molecular weight excluding hydrogens is 553 g/mol. The highest BCUT2D eigenvalue weighted by atomic mass is 14.6. The summed E-state index contributed by atoms with van der Waals surface area (Å²) in [7, 11) is 0. The van der Waals surface area contributed by atoms with E-state index in [2.05, 4.69) is 133 Å². The largest absolute Gasteiger partial charge is 0.0622 e. The van der Waals surface area contributed by atoms with Gasteiger partial charge in [-0.3, -0.25) is 0 Å². The lowest BCUT2D eigenvalue weighted by atomic mass is 9.43. The molecule has 12 rings (SSSR count). The highest BCUT2D eigenvalue weighted by molar-refractivity contribution is 6.21. The monoisotopic (exact) mass is 588 g/mol. The second-order valence-corrected chi connectivity index (χ2v) is 14.9. The SMILES string of the molecule is c1ccc(-c2c3ccccc3c(-c3ccc4c(c3)C3(c5c-4ccc4ccccc54)C4CC5CC(C4)CC3C5)c3ccccc23)cc1. The highest BCUT2D eigenvalue weighted by Crippen LogP contribution is 2.70. The summed E-state index contributed by atoms with van der Waals surface area (Å²) in [6, 6.07) is 51.0. The lowest BCUT2D eigenvalue weighted by Crippen LogP contribution is -2.55. The molecule has 1 spiro atoms. The minimum Gasteiger partial charge on any atom is -0.0622 e. The van der Waals surface area contributed by atoms with Gasteiger partial charge >= 0.3 is 0 Å². The van der Waals surface area contributed by atoms with Gasteiger partial charge in [0.15, 0.2) is 0 Å². The molecule has 0 unspecified atom stereocenters. The van der Waals surface area contributed by atoms with Gasteiger partial charge in [-0.15, -0.1) is 0 Å². The van der Waals surface area contributed by atoms with E-state index in [0.717, 1.165) is 23.7 Å². The van der Waals surface area contributed by atoms with Crippen molar-refractivity contribution < 1.29 is 0 Å². The maximum Gasteiger partial charge on any atom is 0.0278 e. The molecule has 0 heterocycles. The van der Waals surface area contributed by atoms with E-state index < -0.39 is 0 Å². The van der Waals surface area contributed by atoms with E-state index in [1.165, 1.54) is 97.8 Å². The van der Waals surface area contributed by atoms with Crippen molar-refractivity contribution in [3.63, 3.8) is 0 Å². The van der Waals surface area contributed by atoms with Gasteiger partial charge in [0.05, 0.1) is 0 Å². The van der Waals surface area contributed by atoms with Gasteiger partial charge in [-0.25, -0.2) is 0 Å². The van der Waals surface area contributed by atoms with Crippen LogP contribution in [0.15, 0.2) is 133 Å². The van der Waals surface area contributed by atoms with Gasteiger partial charge in [-0.2, -0.15) is 0 Å². The van der Waals surface area contributed by atoms with Crippen molar-refractivity contribution in [1.29, 1.82) is 0 Å². The summed E-state index contributed by atoms with van der Waals surface area (Å²) in [4.78, 5) is 0. The Bertz CT molecular complexity index is 2290. The van der Waals surface area contributed by atoms with E-state index in [9.17, 15) is 0 Å². The summed E-state index contributed by atoms with van der Waals surface area (Å²) in [6.45, 7) is 0. The third-order valence-corrected chi connectivity index (χ3v) is 12.8. The number of rotatable bonds is 2. The zero-order valence-corrected chi connectivity index (χ0v) is 26.0. The molecule has 0 heteroatoms. The average Bonchev–Trinajstić information content (AvgIpc) is 3.40. The molecule has 4 bridgehead atoms. The smallest absolute Gasteiger partial charge is 0.0278 e. The first kappa shape index (κ1) is 25.5. The van der Waals surface area contributed by atoms with Crippen LogP contribution in [0.1, 0.15) is 43.2 Å². The van der Waals surface area contributed by atoms with Crippen molar-refractivity contribution >= 4 is 32.3 Å². The van der Waals surface area contributed by atoms with Crippen LogP contribution < -0.4 is 0 Å². The molecule has 5 aliphatic rings. The maximum absolute atomic E-state index is 2.68. The molecule has 0 nitrogen and oxygen atoms in total. The molecule has 4 fully saturated rings. The van der Waals surface area contributed by atoms with Crippen LogP contribution in [0.2, 0.25) is 0 Å². The van der Waals surface area contributed by atoms with Crippen LogP contribution in [0.25, 0.3) is 65.7 Å². The van der Waals surface area contributed by atoms with Crippen LogP contribution in [0.3, 0.4) is 0 Å². The van der Waals surface area contributed by atoms with E-state index >= 15 is 0 Å². The molecule has 0 amide bonds. The first-order chi connectivity index (χ1) is 22.8. The summed E-state index contributed by atoms with van der Waals surface area (Å²) >= 11 is 0. The van der Waals surface area contributed by atoms with Gasteiger partial charge in [0, 0.05) is 5.41 Å². The normalized spacial score (nSPS) is 25.5. The third kappa shape index (κ3) is 3.20. The molecule has 220 valence electrons. The molecule has 0 radical (unpaired) electrons. The van der Waals surface area contributed by atoms with E-state index in [-0.39, 0.29) is 5.41 Å². The summed E-state index contributed by atoms with van der Waals surface area (Å²) in [6.07, 6.45) is 7.08. The predicted octanol–water partition coefficient (Wildman–Crippen LogP) is 12.2. The molecule has 0 aromatic heterocycles. The quantitative estimate of drug-likeness (QED) is 0.176. The summed E-state index contributed by atoms with van der Waals surface area (Å²) in [5.74, 6) is 3.33. The van der Waals surface area contributed by atoms with Crippen molar-refractivity contribution in [1.82, 2.24) is 0 Å². The first-order valence-electron chi connectivity index (χ1n) is 17.5. The van der Waals surface area contributed by atoms with Gasteiger partial charge in [0.25, 0.3) is 0 Å². The van der Waals surface area contributed by atoms with Crippen molar-refractivity contribution in [3.8, 4) is 33.4 Å². The number of benzene rings is 7. The Morgan fingerprint density at radius 3 is 1.57 bits per heavy atom. The molecule has 4 saturated carbocycles. The van der Waals surface area contributed by atoms with Gasteiger partial charge in [0.2, 0.25) is 0 Å². The Morgan fingerprint density at radius 1 is 0.413 bits per heavy atom. The second-order valence-electron chi connectivity index (χ2n) is 14.9. The Balaban J connectivity index is 1.23. The molecular formula is C46H36. The fraction of sp³-hybridized carbons (Fsp3) is 0.217. The first-order valence-corrected chi connectivity index (χ1v) is 17.5. The Hall–Kier alpha value is -4.68. The van der Waals surface area contributed by atoms with Crippen LogP contribution in [0.4, 0.5) is 0 Å². The van der Waals surface area contributed by atoms with Crippen molar-refractivity contribution in [2.45, 2.75) is 37.5 Å². The minimum absolute atomic E-state index is 0.116. The second kappa shape index (κ2) is 9.20. The molecule has 0 aliphatic heterocycles.